The van der Waals surface area contributed by atoms with E-state index in [-0.39, 0.29) is 0 Å². The summed E-state index contributed by atoms with van der Waals surface area (Å²) in [5.41, 5.74) is 0. The lowest BCUT2D eigenvalue weighted by Gasteiger charge is -1.99. The van der Waals surface area contributed by atoms with E-state index < -0.39 is 0 Å². The average molecular weight is 168 g/mol. The second-order valence-electron chi connectivity index (χ2n) is 5.13. The van der Waals surface area contributed by atoms with Crippen LogP contribution in [0.5, 0.6) is 0 Å². The van der Waals surface area contributed by atoms with Crippen molar-refractivity contribution in [2.45, 2.75) is 52.2 Å². The van der Waals surface area contributed by atoms with E-state index in [2.05, 4.69) is 20.8 Å². The molecule has 1 heteroatoms. The van der Waals surface area contributed by atoms with Gasteiger partial charge in [-0.25, -0.2) is 0 Å². The first-order valence-corrected chi connectivity index (χ1v) is 5.34. The zero-order valence-corrected chi connectivity index (χ0v) is 8.42. The van der Waals surface area contributed by atoms with Crippen LogP contribution in [0, 0.1) is 17.8 Å². The van der Waals surface area contributed by atoms with Gasteiger partial charge in [-0.05, 0) is 37.0 Å². The molecule has 1 nitrogen and oxygen atoms in total. The molecule has 1 heterocycles. The van der Waals surface area contributed by atoms with Crippen LogP contribution >= 0.6 is 0 Å². The highest BCUT2D eigenvalue weighted by Gasteiger charge is 2.59. The van der Waals surface area contributed by atoms with Gasteiger partial charge in [0.2, 0.25) is 0 Å². The Morgan fingerprint density at radius 2 is 1.42 bits per heavy atom. The van der Waals surface area contributed by atoms with E-state index in [9.17, 15) is 0 Å². The number of rotatable bonds is 0. The first-order valence-electron chi connectivity index (χ1n) is 5.34. The number of ether oxygens (including phenoxy) is 1. The van der Waals surface area contributed by atoms with E-state index in [0.717, 1.165) is 30.0 Å². The van der Waals surface area contributed by atoms with Gasteiger partial charge in [-0.15, -0.1) is 0 Å². The SMILES string of the molecule is C1CC2CC1C1OC21.CC(C)C. The van der Waals surface area contributed by atoms with Crippen molar-refractivity contribution in [1.82, 2.24) is 0 Å². The zero-order valence-electron chi connectivity index (χ0n) is 8.42. The molecular weight excluding hydrogens is 148 g/mol. The van der Waals surface area contributed by atoms with Crippen molar-refractivity contribution >= 4 is 0 Å². The highest BCUT2D eigenvalue weighted by Crippen LogP contribution is 2.55. The van der Waals surface area contributed by atoms with Crippen molar-refractivity contribution in [3.05, 3.63) is 0 Å². The quantitative estimate of drug-likeness (QED) is 0.507. The Kier molecular flexibility index (Phi) is 2.16. The van der Waals surface area contributed by atoms with E-state index in [4.69, 9.17) is 4.74 Å². The highest BCUT2D eigenvalue weighted by molar-refractivity contribution is 5.07. The summed E-state index contributed by atoms with van der Waals surface area (Å²) in [6.07, 6.45) is 5.91. The summed E-state index contributed by atoms with van der Waals surface area (Å²) in [5.74, 6) is 2.81. The van der Waals surface area contributed by atoms with Crippen LogP contribution in [-0.4, -0.2) is 12.2 Å². The lowest BCUT2D eigenvalue weighted by atomic mass is 10.0. The summed E-state index contributed by atoms with van der Waals surface area (Å²) >= 11 is 0. The molecule has 3 rings (SSSR count). The summed E-state index contributed by atoms with van der Waals surface area (Å²) < 4.78 is 5.44. The monoisotopic (exact) mass is 168 g/mol. The van der Waals surface area contributed by atoms with Crippen molar-refractivity contribution in [1.29, 1.82) is 0 Å². The van der Waals surface area contributed by atoms with Gasteiger partial charge in [0.25, 0.3) is 0 Å². The Labute approximate surface area is 75.5 Å². The van der Waals surface area contributed by atoms with Gasteiger partial charge < -0.3 is 4.74 Å². The van der Waals surface area contributed by atoms with Crippen LogP contribution in [0.3, 0.4) is 0 Å². The van der Waals surface area contributed by atoms with Crippen molar-refractivity contribution < 1.29 is 4.74 Å². The summed E-state index contributed by atoms with van der Waals surface area (Å²) in [4.78, 5) is 0. The smallest absolute Gasteiger partial charge is 0.0872 e. The molecule has 0 radical (unpaired) electrons. The molecule has 0 N–H and O–H groups in total. The average Bonchev–Trinajstić information content (AvgIpc) is 2.55. The summed E-state index contributed by atoms with van der Waals surface area (Å²) in [6.45, 7) is 6.50. The van der Waals surface area contributed by atoms with E-state index >= 15 is 0 Å². The lowest BCUT2D eigenvalue weighted by molar-refractivity contribution is 0.264. The molecule has 0 aromatic carbocycles. The van der Waals surface area contributed by atoms with E-state index in [1.54, 1.807) is 0 Å². The minimum absolute atomic E-state index is 0.744. The van der Waals surface area contributed by atoms with E-state index in [0.29, 0.717) is 0 Å². The van der Waals surface area contributed by atoms with Crippen LogP contribution in [0.1, 0.15) is 40.0 Å². The van der Waals surface area contributed by atoms with Crippen LogP contribution in [-0.2, 0) is 4.74 Å². The maximum atomic E-state index is 5.44. The Morgan fingerprint density at radius 3 is 1.67 bits per heavy atom. The molecule has 3 fully saturated rings. The van der Waals surface area contributed by atoms with E-state index in [1.807, 2.05) is 0 Å². The van der Waals surface area contributed by atoms with Gasteiger partial charge >= 0.3 is 0 Å². The maximum absolute atomic E-state index is 5.44. The van der Waals surface area contributed by atoms with Crippen molar-refractivity contribution in [3.63, 3.8) is 0 Å². The second kappa shape index (κ2) is 3.02. The predicted octanol–water partition coefficient (Wildman–Crippen LogP) is 2.85. The van der Waals surface area contributed by atoms with Crippen molar-refractivity contribution in [3.8, 4) is 0 Å². The topological polar surface area (TPSA) is 12.5 Å². The fourth-order valence-electron chi connectivity index (χ4n) is 2.54. The molecule has 3 aliphatic rings. The highest BCUT2D eigenvalue weighted by atomic mass is 16.6. The predicted molar refractivity (Wildman–Crippen MR) is 50.0 cm³/mol. The number of fused-ring (bicyclic) bond motifs is 5. The van der Waals surface area contributed by atoms with Gasteiger partial charge in [-0.3, -0.25) is 0 Å². The second-order valence-corrected chi connectivity index (χ2v) is 5.13. The third-order valence-electron chi connectivity index (χ3n) is 3.00. The molecule has 0 spiro atoms. The number of hydrogen-bond donors (Lipinski definition) is 0. The molecule has 4 atom stereocenters. The van der Waals surface area contributed by atoms with Gasteiger partial charge in [-0.2, -0.15) is 0 Å². The molecule has 0 aromatic rings. The Morgan fingerprint density at radius 1 is 1.00 bits per heavy atom. The van der Waals surface area contributed by atoms with Crippen LogP contribution in [0.4, 0.5) is 0 Å². The van der Waals surface area contributed by atoms with Gasteiger partial charge in [0.1, 0.15) is 0 Å². The van der Waals surface area contributed by atoms with Gasteiger partial charge in [-0.1, -0.05) is 20.8 Å². The van der Waals surface area contributed by atoms with Gasteiger partial charge in [0, 0.05) is 0 Å². The molecule has 2 saturated carbocycles. The lowest BCUT2D eigenvalue weighted by Crippen LogP contribution is -2.04. The summed E-state index contributed by atoms with van der Waals surface area (Å²) in [5, 5.41) is 0. The largest absolute Gasteiger partial charge is 0.369 e. The van der Waals surface area contributed by atoms with Crippen LogP contribution in [0.2, 0.25) is 0 Å². The molecule has 70 valence electrons. The summed E-state index contributed by atoms with van der Waals surface area (Å²) in [7, 11) is 0. The van der Waals surface area contributed by atoms with Gasteiger partial charge in [0.05, 0.1) is 12.2 Å². The normalized spacial score (nSPS) is 47.0. The Balaban J connectivity index is 0.000000125. The fraction of sp³-hybridized carbons (Fsp3) is 1.00. The fourth-order valence-corrected chi connectivity index (χ4v) is 2.54. The summed E-state index contributed by atoms with van der Waals surface area (Å²) in [6, 6.07) is 0. The maximum Gasteiger partial charge on any atom is 0.0872 e. The molecular formula is C11H20O. The minimum Gasteiger partial charge on any atom is -0.369 e. The molecule has 12 heavy (non-hydrogen) atoms. The molecule has 1 saturated heterocycles. The van der Waals surface area contributed by atoms with E-state index in [1.165, 1.54) is 19.3 Å². The number of epoxide rings is 1. The van der Waals surface area contributed by atoms with Crippen LogP contribution < -0.4 is 0 Å². The zero-order chi connectivity index (χ0) is 8.72. The first kappa shape index (κ1) is 8.55. The molecule has 1 aliphatic heterocycles. The van der Waals surface area contributed by atoms with Crippen LogP contribution in [0.25, 0.3) is 0 Å². The molecule has 2 aliphatic carbocycles. The first-order chi connectivity index (χ1) is 5.68. The van der Waals surface area contributed by atoms with Crippen molar-refractivity contribution in [2.24, 2.45) is 17.8 Å². The minimum atomic E-state index is 0.744. The molecule has 4 unspecified atom stereocenters. The molecule has 0 aromatic heterocycles. The van der Waals surface area contributed by atoms with Gasteiger partial charge in [0.15, 0.2) is 0 Å². The van der Waals surface area contributed by atoms with Crippen LogP contribution in [0.15, 0.2) is 0 Å². The Hall–Kier alpha value is -0.0400. The number of hydrogen-bond acceptors (Lipinski definition) is 1. The third kappa shape index (κ3) is 1.52. The Bertz CT molecular complexity index is 148. The molecule has 2 bridgehead atoms. The third-order valence-corrected chi connectivity index (χ3v) is 3.00. The van der Waals surface area contributed by atoms with Crippen molar-refractivity contribution in [2.75, 3.05) is 0 Å². The standard InChI is InChI=1S/C7H10O.C4H10/c1-2-5-3-4(1)6-7(5)8-6;1-4(2)3/h4-7H,1-3H2;4H,1-3H3. The molecule has 0 amide bonds.